The van der Waals surface area contributed by atoms with E-state index in [4.69, 9.17) is 4.74 Å². The Morgan fingerprint density at radius 2 is 2.00 bits per heavy atom. The molecule has 1 rings (SSSR count). The van der Waals surface area contributed by atoms with E-state index in [-0.39, 0.29) is 6.09 Å². The molecule has 1 aliphatic rings. The van der Waals surface area contributed by atoms with Crippen molar-refractivity contribution in [2.24, 2.45) is 5.92 Å². The Kier molecular flexibility index (Phi) is 8.49. The van der Waals surface area contributed by atoms with Crippen LogP contribution in [0, 0.1) is 5.92 Å². The number of thioether (sulfide) groups is 1. The van der Waals surface area contributed by atoms with Crippen LogP contribution in [0.4, 0.5) is 4.79 Å². The van der Waals surface area contributed by atoms with Crippen molar-refractivity contribution in [1.29, 1.82) is 0 Å². The number of nitrogens with one attached hydrogen (secondary N) is 2. The average molecular weight is 317 g/mol. The second kappa shape index (κ2) is 9.57. The van der Waals surface area contributed by atoms with Gasteiger partial charge in [0.2, 0.25) is 0 Å². The van der Waals surface area contributed by atoms with Gasteiger partial charge in [-0.3, -0.25) is 0 Å². The maximum Gasteiger partial charge on any atom is 0.407 e. The molecule has 0 spiro atoms. The minimum absolute atomic E-state index is 0.297. The van der Waals surface area contributed by atoms with E-state index in [0.717, 1.165) is 13.1 Å². The third-order valence-corrected chi connectivity index (χ3v) is 4.45. The molecule has 124 valence electrons. The molecular weight excluding hydrogens is 284 g/mol. The van der Waals surface area contributed by atoms with Crippen molar-refractivity contribution in [3.8, 4) is 0 Å². The van der Waals surface area contributed by atoms with Crippen LogP contribution in [0.2, 0.25) is 0 Å². The summed E-state index contributed by atoms with van der Waals surface area (Å²) in [5.41, 5.74) is -0.424. The van der Waals surface area contributed by atoms with Crippen LogP contribution in [0.1, 0.15) is 52.9 Å². The predicted molar refractivity (Wildman–Crippen MR) is 91.0 cm³/mol. The normalized spacial score (nSPS) is 22.9. The van der Waals surface area contributed by atoms with Crippen molar-refractivity contribution in [3.05, 3.63) is 0 Å². The van der Waals surface area contributed by atoms with Crippen LogP contribution in [0.3, 0.4) is 0 Å². The van der Waals surface area contributed by atoms with Gasteiger partial charge in [0.1, 0.15) is 5.60 Å². The zero-order valence-corrected chi connectivity index (χ0v) is 14.9. The van der Waals surface area contributed by atoms with Gasteiger partial charge in [-0.05, 0) is 64.5 Å². The molecule has 1 amide bonds. The molecule has 0 aromatic carbocycles. The summed E-state index contributed by atoms with van der Waals surface area (Å²) in [7, 11) is 0. The van der Waals surface area contributed by atoms with Gasteiger partial charge in [0.05, 0.1) is 0 Å². The van der Waals surface area contributed by atoms with Gasteiger partial charge in [0.15, 0.2) is 0 Å². The Hall–Kier alpha value is -0.420. The molecule has 0 radical (unpaired) electrons. The van der Waals surface area contributed by atoms with Gasteiger partial charge < -0.3 is 15.4 Å². The van der Waals surface area contributed by atoms with Crippen molar-refractivity contribution in [2.45, 2.75) is 64.5 Å². The molecule has 1 saturated carbocycles. The number of carbonyl (C=O) groups is 1. The maximum absolute atomic E-state index is 11.8. The molecule has 21 heavy (non-hydrogen) atoms. The predicted octanol–water partition coefficient (Wildman–Crippen LogP) is 3.41. The highest BCUT2D eigenvalue weighted by Gasteiger charge is 2.25. The first-order valence-electron chi connectivity index (χ1n) is 8.11. The van der Waals surface area contributed by atoms with E-state index in [9.17, 15) is 4.79 Å². The molecule has 2 N–H and O–H groups in total. The van der Waals surface area contributed by atoms with E-state index in [1.807, 2.05) is 32.5 Å². The lowest BCUT2D eigenvalue weighted by atomic mass is 9.84. The fourth-order valence-corrected chi connectivity index (χ4v) is 3.19. The number of ether oxygens (including phenoxy) is 1. The van der Waals surface area contributed by atoms with Crippen LogP contribution in [0.25, 0.3) is 0 Å². The minimum atomic E-state index is -0.424. The van der Waals surface area contributed by atoms with Crippen molar-refractivity contribution in [1.82, 2.24) is 10.6 Å². The summed E-state index contributed by atoms with van der Waals surface area (Å²) in [6, 6.07) is 0.538. The number of carbonyl (C=O) groups excluding carboxylic acids is 1. The summed E-state index contributed by atoms with van der Waals surface area (Å²) in [5.74, 6) is 1.74. The van der Waals surface area contributed by atoms with Crippen LogP contribution in [0.15, 0.2) is 0 Å². The first-order chi connectivity index (χ1) is 9.92. The monoisotopic (exact) mass is 316 g/mol. The van der Waals surface area contributed by atoms with Gasteiger partial charge in [0, 0.05) is 12.6 Å². The number of hydrogen-bond acceptors (Lipinski definition) is 4. The summed E-state index contributed by atoms with van der Waals surface area (Å²) in [4.78, 5) is 11.8. The minimum Gasteiger partial charge on any atom is -0.444 e. The number of hydrogen-bond donors (Lipinski definition) is 2. The van der Waals surface area contributed by atoms with E-state index in [1.54, 1.807) is 0 Å². The second-order valence-electron chi connectivity index (χ2n) is 6.83. The number of amides is 1. The van der Waals surface area contributed by atoms with Crippen LogP contribution < -0.4 is 10.6 Å². The van der Waals surface area contributed by atoms with Crippen molar-refractivity contribution < 1.29 is 9.53 Å². The molecule has 0 heterocycles. The van der Waals surface area contributed by atoms with Gasteiger partial charge in [-0.25, -0.2) is 4.79 Å². The molecule has 0 saturated heterocycles. The molecule has 5 heteroatoms. The highest BCUT2D eigenvalue weighted by atomic mass is 32.2. The summed E-state index contributed by atoms with van der Waals surface area (Å²) in [6.45, 7) is 7.47. The van der Waals surface area contributed by atoms with E-state index in [1.165, 1.54) is 37.9 Å². The molecule has 0 aromatic rings. The zero-order valence-electron chi connectivity index (χ0n) is 14.0. The first-order valence-corrected chi connectivity index (χ1v) is 9.51. The lowest BCUT2D eigenvalue weighted by Gasteiger charge is -2.32. The quantitative estimate of drug-likeness (QED) is 0.707. The fraction of sp³-hybridized carbons (Fsp3) is 0.938. The van der Waals surface area contributed by atoms with Crippen molar-refractivity contribution in [3.63, 3.8) is 0 Å². The number of rotatable bonds is 7. The summed E-state index contributed by atoms with van der Waals surface area (Å²) in [5, 5.41) is 6.61. The van der Waals surface area contributed by atoms with Crippen LogP contribution in [-0.2, 0) is 4.74 Å². The lowest BCUT2D eigenvalue weighted by Crippen LogP contribution is -2.45. The summed E-state index contributed by atoms with van der Waals surface area (Å²) < 4.78 is 5.30. The van der Waals surface area contributed by atoms with Crippen molar-refractivity contribution >= 4 is 17.9 Å². The third kappa shape index (κ3) is 8.57. The topological polar surface area (TPSA) is 50.4 Å². The Labute approximate surface area is 134 Å². The first kappa shape index (κ1) is 18.6. The number of alkyl carbamates (subject to hydrolysis) is 1. The second-order valence-corrected chi connectivity index (χ2v) is 7.82. The third-order valence-electron chi connectivity index (χ3n) is 3.75. The molecule has 1 fully saturated rings. The molecule has 4 nitrogen and oxygen atoms in total. The molecule has 2 unspecified atom stereocenters. The van der Waals surface area contributed by atoms with E-state index in [0.29, 0.717) is 12.0 Å². The molecule has 1 aliphatic carbocycles. The average Bonchev–Trinajstić information content (AvgIpc) is 2.40. The van der Waals surface area contributed by atoms with Gasteiger partial charge in [-0.15, -0.1) is 0 Å². The highest BCUT2D eigenvalue weighted by Crippen LogP contribution is 2.24. The fourth-order valence-electron chi connectivity index (χ4n) is 2.75. The lowest BCUT2D eigenvalue weighted by molar-refractivity contribution is 0.0510. The smallest absolute Gasteiger partial charge is 0.407 e. The van der Waals surface area contributed by atoms with Gasteiger partial charge in [-0.1, -0.05) is 12.8 Å². The van der Waals surface area contributed by atoms with E-state index >= 15 is 0 Å². The molecule has 2 atom stereocenters. The van der Waals surface area contributed by atoms with E-state index in [2.05, 4.69) is 16.9 Å². The van der Waals surface area contributed by atoms with Crippen LogP contribution in [0.5, 0.6) is 0 Å². The summed E-state index contributed by atoms with van der Waals surface area (Å²) >= 11 is 1.89. The van der Waals surface area contributed by atoms with Gasteiger partial charge in [-0.2, -0.15) is 11.8 Å². The van der Waals surface area contributed by atoms with E-state index < -0.39 is 5.60 Å². The largest absolute Gasteiger partial charge is 0.444 e. The summed E-state index contributed by atoms with van der Waals surface area (Å²) in [6.07, 6.45) is 8.04. The highest BCUT2D eigenvalue weighted by molar-refractivity contribution is 7.98. The maximum atomic E-state index is 11.8. The van der Waals surface area contributed by atoms with Gasteiger partial charge in [0.25, 0.3) is 0 Å². The molecule has 0 aromatic heterocycles. The van der Waals surface area contributed by atoms with Crippen LogP contribution in [-0.4, -0.2) is 42.8 Å². The van der Waals surface area contributed by atoms with Crippen LogP contribution >= 0.6 is 11.8 Å². The standard InChI is InChI=1S/C16H32N2O2S/c1-16(2,3)20-15(19)18-12-13-8-5-6-9-14(13)17-10-7-11-21-4/h13-14,17H,5-12H2,1-4H3,(H,18,19). The Balaban J connectivity index is 2.30. The molecular formula is C16H32N2O2S. The molecule has 0 aliphatic heterocycles. The van der Waals surface area contributed by atoms with Gasteiger partial charge >= 0.3 is 6.09 Å². The SMILES string of the molecule is CSCCCNC1CCCCC1CNC(=O)OC(C)(C)C. The molecule has 0 bridgehead atoms. The Morgan fingerprint density at radius 3 is 2.67 bits per heavy atom. The van der Waals surface area contributed by atoms with Crippen molar-refractivity contribution in [2.75, 3.05) is 25.1 Å². The zero-order chi connectivity index (χ0) is 15.7. The Morgan fingerprint density at radius 1 is 1.29 bits per heavy atom. The Bertz CT molecular complexity index is 305.